The number of carbonyl (C=O) groups excluding carboxylic acids is 2. The van der Waals surface area contributed by atoms with E-state index in [0.717, 1.165) is 21.9 Å². The first-order valence-corrected chi connectivity index (χ1v) is 7.92. The van der Waals surface area contributed by atoms with Gasteiger partial charge < -0.3 is 15.4 Å². The molecule has 2 aromatic rings. The van der Waals surface area contributed by atoms with Crippen molar-refractivity contribution in [3.63, 3.8) is 0 Å². The van der Waals surface area contributed by atoms with E-state index in [9.17, 15) is 9.59 Å². The molecule has 0 spiro atoms. The summed E-state index contributed by atoms with van der Waals surface area (Å²) < 4.78 is 5.14. The summed E-state index contributed by atoms with van der Waals surface area (Å²) >= 11 is 1.40. The highest BCUT2D eigenvalue weighted by molar-refractivity contribution is 7.16. The van der Waals surface area contributed by atoms with Crippen LogP contribution in [0.25, 0.3) is 11.3 Å². The van der Waals surface area contributed by atoms with Crippen LogP contribution in [0.15, 0.2) is 24.3 Å². The van der Waals surface area contributed by atoms with Gasteiger partial charge in [-0.3, -0.25) is 9.59 Å². The number of amides is 2. The van der Waals surface area contributed by atoms with Gasteiger partial charge in [-0.1, -0.05) is 0 Å². The summed E-state index contributed by atoms with van der Waals surface area (Å²) in [5.74, 6) is 0.233. The molecule has 2 N–H and O–H groups in total. The zero-order valence-corrected chi connectivity index (χ0v) is 14.3. The Bertz CT molecular complexity index is 710. The molecule has 6 nitrogen and oxygen atoms in total. The van der Waals surface area contributed by atoms with Gasteiger partial charge in [0.2, 0.25) is 11.8 Å². The van der Waals surface area contributed by atoms with E-state index in [-0.39, 0.29) is 11.8 Å². The summed E-state index contributed by atoms with van der Waals surface area (Å²) in [6, 6.07) is 6.97. The van der Waals surface area contributed by atoms with E-state index < -0.39 is 6.04 Å². The predicted molar refractivity (Wildman–Crippen MR) is 90.7 cm³/mol. The molecule has 0 saturated heterocycles. The molecule has 0 aliphatic heterocycles. The maximum Gasteiger partial charge on any atom is 0.248 e. The van der Waals surface area contributed by atoms with Crippen molar-refractivity contribution in [3.05, 3.63) is 29.1 Å². The Balaban J connectivity index is 2.14. The van der Waals surface area contributed by atoms with Crippen LogP contribution in [0.3, 0.4) is 0 Å². The number of rotatable bonds is 5. The number of ether oxygens (including phenoxy) is 1. The predicted octanol–water partition coefficient (Wildman–Crippen LogP) is 2.59. The van der Waals surface area contributed by atoms with Gasteiger partial charge in [0.25, 0.3) is 0 Å². The van der Waals surface area contributed by atoms with Gasteiger partial charge in [0.05, 0.1) is 12.8 Å². The quantitative estimate of drug-likeness (QED) is 0.881. The Morgan fingerprint density at radius 2 is 1.91 bits per heavy atom. The molecule has 1 aromatic carbocycles. The van der Waals surface area contributed by atoms with E-state index in [0.29, 0.717) is 5.13 Å². The maximum absolute atomic E-state index is 12.0. The lowest BCUT2D eigenvalue weighted by molar-refractivity contribution is -0.124. The number of nitrogens with one attached hydrogen (secondary N) is 2. The van der Waals surface area contributed by atoms with Crippen LogP contribution in [0.4, 0.5) is 5.13 Å². The van der Waals surface area contributed by atoms with E-state index in [2.05, 4.69) is 15.6 Å². The first-order chi connectivity index (χ1) is 10.9. The number of hydrogen-bond donors (Lipinski definition) is 2. The third-order valence-corrected chi connectivity index (χ3v) is 4.09. The van der Waals surface area contributed by atoms with Crippen molar-refractivity contribution in [2.75, 3.05) is 12.4 Å². The van der Waals surface area contributed by atoms with Crippen molar-refractivity contribution in [3.8, 4) is 17.0 Å². The van der Waals surface area contributed by atoms with Gasteiger partial charge in [-0.25, -0.2) is 4.98 Å². The Morgan fingerprint density at radius 1 is 1.26 bits per heavy atom. The van der Waals surface area contributed by atoms with E-state index in [4.69, 9.17) is 4.74 Å². The molecular formula is C16H19N3O3S. The van der Waals surface area contributed by atoms with E-state index in [1.165, 1.54) is 18.3 Å². The number of benzene rings is 1. The second kappa shape index (κ2) is 7.23. The van der Waals surface area contributed by atoms with Gasteiger partial charge >= 0.3 is 0 Å². The number of methoxy groups -OCH3 is 1. The third kappa shape index (κ3) is 4.29. The van der Waals surface area contributed by atoms with Gasteiger partial charge in [0, 0.05) is 17.4 Å². The zero-order valence-electron chi connectivity index (χ0n) is 13.5. The number of nitrogens with zero attached hydrogens (tertiary/aromatic N) is 1. The van der Waals surface area contributed by atoms with Crippen molar-refractivity contribution in [1.82, 2.24) is 10.3 Å². The molecular weight excluding hydrogens is 314 g/mol. The lowest BCUT2D eigenvalue weighted by Gasteiger charge is -2.10. The molecule has 1 unspecified atom stereocenters. The lowest BCUT2D eigenvalue weighted by Crippen LogP contribution is -2.40. The fraction of sp³-hybridized carbons (Fsp3) is 0.312. The van der Waals surface area contributed by atoms with Crippen LogP contribution in [0.2, 0.25) is 0 Å². The molecule has 1 atom stereocenters. The molecule has 1 heterocycles. The lowest BCUT2D eigenvalue weighted by atomic mass is 10.1. The monoisotopic (exact) mass is 333 g/mol. The molecule has 122 valence electrons. The molecule has 2 rings (SSSR count). The summed E-state index contributed by atoms with van der Waals surface area (Å²) in [6.45, 7) is 4.95. The van der Waals surface area contributed by atoms with Crippen LogP contribution in [-0.2, 0) is 9.59 Å². The molecule has 2 amide bonds. The van der Waals surface area contributed by atoms with Gasteiger partial charge in [-0.05, 0) is 38.1 Å². The van der Waals surface area contributed by atoms with Crippen molar-refractivity contribution in [2.24, 2.45) is 0 Å². The number of thiazole rings is 1. The van der Waals surface area contributed by atoms with Crippen molar-refractivity contribution in [2.45, 2.75) is 26.8 Å². The van der Waals surface area contributed by atoms with Crippen molar-refractivity contribution < 1.29 is 14.3 Å². The van der Waals surface area contributed by atoms with Crippen LogP contribution in [-0.4, -0.2) is 29.9 Å². The average molecular weight is 333 g/mol. The largest absolute Gasteiger partial charge is 0.497 e. The first-order valence-electron chi connectivity index (χ1n) is 7.10. The molecule has 0 saturated carbocycles. The molecule has 0 fully saturated rings. The highest BCUT2D eigenvalue weighted by Gasteiger charge is 2.17. The van der Waals surface area contributed by atoms with Crippen LogP contribution in [0.5, 0.6) is 5.75 Å². The third-order valence-electron chi connectivity index (χ3n) is 3.20. The molecule has 7 heteroatoms. The maximum atomic E-state index is 12.0. The molecule has 23 heavy (non-hydrogen) atoms. The SMILES string of the molecule is COc1ccc(-c2nc(NC(=O)C(C)NC(C)=O)sc2C)cc1. The minimum Gasteiger partial charge on any atom is -0.497 e. The zero-order chi connectivity index (χ0) is 17.0. The average Bonchev–Trinajstić information content (AvgIpc) is 2.87. The smallest absolute Gasteiger partial charge is 0.248 e. The van der Waals surface area contributed by atoms with Crippen LogP contribution in [0.1, 0.15) is 18.7 Å². The molecule has 0 bridgehead atoms. The van der Waals surface area contributed by atoms with Crippen molar-refractivity contribution >= 4 is 28.3 Å². The van der Waals surface area contributed by atoms with Crippen LogP contribution in [0, 0.1) is 6.92 Å². The van der Waals surface area contributed by atoms with Crippen LogP contribution < -0.4 is 15.4 Å². The highest BCUT2D eigenvalue weighted by Crippen LogP contribution is 2.31. The van der Waals surface area contributed by atoms with Crippen molar-refractivity contribution in [1.29, 1.82) is 0 Å². The Kier molecular flexibility index (Phi) is 5.33. The summed E-state index contributed by atoms with van der Waals surface area (Å²) in [6.07, 6.45) is 0. The molecule has 0 radical (unpaired) electrons. The number of hydrogen-bond acceptors (Lipinski definition) is 5. The van der Waals surface area contributed by atoms with E-state index >= 15 is 0 Å². The highest BCUT2D eigenvalue weighted by atomic mass is 32.1. The number of aryl methyl sites for hydroxylation is 1. The molecule has 0 aliphatic carbocycles. The number of aromatic nitrogens is 1. The Morgan fingerprint density at radius 3 is 2.48 bits per heavy atom. The second-order valence-corrected chi connectivity index (χ2v) is 6.27. The fourth-order valence-corrected chi connectivity index (χ4v) is 2.89. The van der Waals surface area contributed by atoms with E-state index in [1.54, 1.807) is 14.0 Å². The summed E-state index contributed by atoms with van der Waals surface area (Å²) in [7, 11) is 1.62. The minimum absolute atomic E-state index is 0.248. The standard InChI is InChI=1S/C16H19N3O3S/c1-9(17-11(3)20)15(21)19-16-18-14(10(2)23-16)12-5-7-13(22-4)8-6-12/h5-9H,1-4H3,(H,17,20)(H,18,19,21). The van der Waals surface area contributed by atoms with Gasteiger partial charge in [0.1, 0.15) is 11.8 Å². The Labute approximate surface area is 138 Å². The van der Waals surface area contributed by atoms with E-state index in [1.807, 2.05) is 31.2 Å². The van der Waals surface area contributed by atoms with Crippen LogP contribution >= 0.6 is 11.3 Å². The summed E-state index contributed by atoms with van der Waals surface area (Å²) in [5.41, 5.74) is 1.77. The van der Waals surface area contributed by atoms with Gasteiger partial charge in [0.15, 0.2) is 5.13 Å². The summed E-state index contributed by atoms with van der Waals surface area (Å²) in [5, 5.41) is 5.78. The number of carbonyl (C=O) groups is 2. The fourth-order valence-electron chi connectivity index (χ4n) is 2.05. The normalized spacial score (nSPS) is 11.7. The molecule has 1 aromatic heterocycles. The van der Waals surface area contributed by atoms with Gasteiger partial charge in [-0.2, -0.15) is 0 Å². The van der Waals surface area contributed by atoms with Gasteiger partial charge in [-0.15, -0.1) is 11.3 Å². The second-order valence-electron chi connectivity index (χ2n) is 5.06. The summed E-state index contributed by atoms with van der Waals surface area (Å²) in [4.78, 5) is 28.5. The minimum atomic E-state index is -0.610. The Hall–Kier alpha value is -2.41. The topological polar surface area (TPSA) is 80.3 Å². The molecule has 0 aliphatic rings. The number of anilines is 1. The first kappa shape index (κ1) is 17.0.